The Hall–Kier alpha value is -1.20. The van der Waals surface area contributed by atoms with E-state index >= 15 is 0 Å². The molecule has 5 heteroatoms. The average molecular weight is 354 g/mol. The Kier molecular flexibility index (Phi) is 9.88. The Morgan fingerprint density at radius 2 is 1.46 bits per heavy atom. The summed E-state index contributed by atoms with van der Waals surface area (Å²) in [4.78, 5) is 10.8. The Bertz CT molecular complexity index is 593. The highest BCUT2D eigenvalue weighted by Crippen LogP contribution is 2.18. The number of aldehydes is 1. The molecule has 0 amide bonds. The van der Waals surface area contributed by atoms with Crippen LogP contribution in [0.3, 0.4) is 0 Å². The number of hydrogen-bond acceptors (Lipinski definition) is 4. The monoisotopic (exact) mass is 353 g/mol. The molecular formula is C19H29O4S-. The smallest absolute Gasteiger partial charge is 0.150 e. The van der Waals surface area contributed by atoms with Gasteiger partial charge in [-0.1, -0.05) is 70.8 Å². The summed E-state index contributed by atoms with van der Waals surface area (Å²) in [5.74, 6) is 0. The van der Waals surface area contributed by atoms with Crippen molar-refractivity contribution in [1.29, 1.82) is 0 Å². The largest absolute Gasteiger partial charge is 0.744 e. The molecule has 0 unspecified atom stereocenters. The van der Waals surface area contributed by atoms with Gasteiger partial charge in [0.15, 0.2) is 0 Å². The summed E-state index contributed by atoms with van der Waals surface area (Å²) in [6.07, 6.45) is 13.8. The molecule has 1 aromatic carbocycles. The lowest BCUT2D eigenvalue weighted by atomic mass is 10.0. The fourth-order valence-corrected chi connectivity index (χ4v) is 3.37. The number of carbonyl (C=O) groups excluding carboxylic acids is 1. The first-order chi connectivity index (χ1) is 11.5. The first-order valence-corrected chi connectivity index (χ1v) is 10.4. The molecule has 1 rings (SSSR count). The van der Waals surface area contributed by atoms with Gasteiger partial charge < -0.3 is 4.55 Å². The van der Waals surface area contributed by atoms with Crippen molar-refractivity contribution >= 4 is 16.4 Å². The summed E-state index contributed by atoms with van der Waals surface area (Å²) in [7, 11) is -4.51. The lowest BCUT2D eigenvalue weighted by Crippen LogP contribution is -2.02. The lowest BCUT2D eigenvalue weighted by Gasteiger charge is -2.10. The van der Waals surface area contributed by atoms with Crippen LogP contribution in [-0.4, -0.2) is 19.3 Å². The zero-order chi connectivity index (χ0) is 17.8. The maximum Gasteiger partial charge on any atom is 0.150 e. The summed E-state index contributed by atoms with van der Waals surface area (Å²) >= 11 is 0. The van der Waals surface area contributed by atoms with Crippen LogP contribution >= 0.6 is 0 Å². The molecule has 0 aliphatic rings. The second kappa shape index (κ2) is 11.4. The van der Waals surface area contributed by atoms with Gasteiger partial charge in [-0.15, -0.1) is 0 Å². The third-order valence-corrected chi connectivity index (χ3v) is 5.16. The van der Waals surface area contributed by atoms with Crippen molar-refractivity contribution in [3.05, 3.63) is 29.3 Å². The van der Waals surface area contributed by atoms with Gasteiger partial charge in [0.25, 0.3) is 0 Å². The van der Waals surface area contributed by atoms with Crippen LogP contribution in [0.25, 0.3) is 0 Å². The van der Waals surface area contributed by atoms with Gasteiger partial charge in [-0.3, -0.25) is 4.79 Å². The highest BCUT2D eigenvalue weighted by atomic mass is 32.2. The molecule has 0 heterocycles. The Morgan fingerprint density at radius 3 is 1.96 bits per heavy atom. The van der Waals surface area contributed by atoms with Crippen molar-refractivity contribution in [3.8, 4) is 0 Å². The van der Waals surface area contributed by atoms with E-state index in [1.165, 1.54) is 63.5 Å². The van der Waals surface area contributed by atoms with E-state index in [1.807, 2.05) is 0 Å². The maximum absolute atomic E-state index is 11.1. The third-order valence-electron chi connectivity index (χ3n) is 4.33. The number of hydrogen-bond donors (Lipinski definition) is 0. The lowest BCUT2D eigenvalue weighted by molar-refractivity contribution is 0.112. The molecule has 136 valence electrons. The van der Waals surface area contributed by atoms with Gasteiger partial charge in [0.2, 0.25) is 0 Å². The van der Waals surface area contributed by atoms with Gasteiger partial charge in [-0.25, -0.2) is 8.42 Å². The molecule has 0 atom stereocenters. The first kappa shape index (κ1) is 20.8. The van der Waals surface area contributed by atoms with Gasteiger partial charge in [0, 0.05) is 5.56 Å². The van der Waals surface area contributed by atoms with Gasteiger partial charge in [-0.2, -0.15) is 0 Å². The van der Waals surface area contributed by atoms with Crippen molar-refractivity contribution in [2.75, 3.05) is 0 Å². The molecule has 0 aromatic heterocycles. The predicted octanol–water partition coefficient (Wildman–Crippen LogP) is 4.87. The highest BCUT2D eigenvalue weighted by molar-refractivity contribution is 7.85. The molecule has 0 radical (unpaired) electrons. The molecule has 1 aromatic rings. The summed E-state index contributed by atoms with van der Waals surface area (Å²) in [5, 5.41) is 0. The molecule has 0 saturated heterocycles. The van der Waals surface area contributed by atoms with Crippen molar-refractivity contribution in [2.45, 2.75) is 82.4 Å². The van der Waals surface area contributed by atoms with Gasteiger partial charge in [0.05, 0.1) is 4.90 Å². The SMILES string of the molecule is CCCCCCCCCCCCc1ccc(S(=O)(=O)[O-])cc1C=O. The van der Waals surface area contributed by atoms with Crippen LogP contribution in [0.2, 0.25) is 0 Å². The molecule has 0 N–H and O–H groups in total. The van der Waals surface area contributed by atoms with Crippen LogP contribution in [0.1, 0.15) is 87.1 Å². The van der Waals surface area contributed by atoms with Gasteiger partial charge in [0.1, 0.15) is 16.4 Å². The number of benzene rings is 1. The van der Waals surface area contributed by atoms with Crippen LogP contribution in [0.4, 0.5) is 0 Å². The first-order valence-electron chi connectivity index (χ1n) is 9.03. The van der Waals surface area contributed by atoms with Crippen LogP contribution in [0.5, 0.6) is 0 Å². The van der Waals surface area contributed by atoms with E-state index in [9.17, 15) is 17.8 Å². The van der Waals surface area contributed by atoms with Crippen molar-refractivity contribution in [3.63, 3.8) is 0 Å². The van der Waals surface area contributed by atoms with E-state index < -0.39 is 10.1 Å². The van der Waals surface area contributed by atoms with E-state index in [0.717, 1.165) is 24.8 Å². The Morgan fingerprint density at radius 1 is 0.917 bits per heavy atom. The Labute approximate surface area is 146 Å². The zero-order valence-corrected chi connectivity index (χ0v) is 15.4. The van der Waals surface area contributed by atoms with Gasteiger partial charge in [-0.05, 0) is 30.5 Å². The van der Waals surface area contributed by atoms with Crippen molar-refractivity contribution < 1.29 is 17.8 Å². The molecule has 0 bridgehead atoms. The molecule has 0 aliphatic heterocycles. The third kappa shape index (κ3) is 8.06. The second-order valence-electron chi connectivity index (χ2n) is 6.36. The molecule has 0 spiro atoms. The molecular weight excluding hydrogens is 324 g/mol. The highest BCUT2D eigenvalue weighted by Gasteiger charge is 2.07. The number of aryl methyl sites for hydroxylation is 1. The standard InChI is InChI=1S/C19H30O4S/c1-2-3-4-5-6-7-8-9-10-11-12-17-13-14-19(24(21,22)23)15-18(17)16-20/h13-16H,2-12H2,1H3,(H,21,22,23)/p-1. The topological polar surface area (TPSA) is 74.3 Å². The van der Waals surface area contributed by atoms with Crippen LogP contribution < -0.4 is 0 Å². The predicted molar refractivity (Wildman–Crippen MR) is 95.3 cm³/mol. The minimum atomic E-state index is -4.51. The normalized spacial score (nSPS) is 11.6. The molecule has 0 fully saturated rings. The van der Waals surface area contributed by atoms with E-state index in [4.69, 9.17) is 0 Å². The van der Waals surface area contributed by atoms with E-state index in [-0.39, 0.29) is 4.90 Å². The van der Waals surface area contributed by atoms with E-state index in [0.29, 0.717) is 11.8 Å². The molecule has 0 aliphatic carbocycles. The Balaban J connectivity index is 2.27. The molecule has 24 heavy (non-hydrogen) atoms. The second-order valence-corrected chi connectivity index (χ2v) is 7.74. The fourth-order valence-electron chi connectivity index (χ4n) is 2.87. The maximum atomic E-state index is 11.1. The van der Waals surface area contributed by atoms with Crippen LogP contribution in [0.15, 0.2) is 23.1 Å². The fraction of sp³-hybridized carbons (Fsp3) is 0.632. The van der Waals surface area contributed by atoms with E-state index in [1.54, 1.807) is 6.07 Å². The zero-order valence-electron chi connectivity index (χ0n) is 14.6. The molecule has 4 nitrogen and oxygen atoms in total. The summed E-state index contributed by atoms with van der Waals surface area (Å²) in [6.45, 7) is 2.23. The average Bonchev–Trinajstić information content (AvgIpc) is 2.55. The summed E-state index contributed by atoms with van der Waals surface area (Å²) < 4.78 is 33.0. The quantitative estimate of drug-likeness (QED) is 0.288. The minimum Gasteiger partial charge on any atom is -0.744 e. The molecule has 0 saturated carbocycles. The van der Waals surface area contributed by atoms with Gasteiger partial charge >= 0.3 is 0 Å². The van der Waals surface area contributed by atoms with Crippen LogP contribution in [-0.2, 0) is 16.5 Å². The van der Waals surface area contributed by atoms with Crippen LogP contribution in [0, 0.1) is 0 Å². The van der Waals surface area contributed by atoms with Crippen molar-refractivity contribution in [2.24, 2.45) is 0 Å². The number of carbonyl (C=O) groups is 1. The number of unbranched alkanes of at least 4 members (excludes halogenated alkanes) is 9. The minimum absolute atomic E-state index is 0.308. The summed E-state index contributed by atoms with van der Waals surface area (Å²) in [5.41, 5.74) is 1.12. The summed E-state index contributed by atoms with van der Waals surface area (Å²) in [6, 6.07) is 4.06. The number of rotatable bonds is 13. The van der Waals surface area contributed by atoms with Crippen molar-refractivity contribution in [1.82, 2.24) is 0 Å². The van der Waals surface area contributed by atoms with E-state index in [2.05, 4.69) is 6.92 Å².